The molecular weight excluding hydrogens is 258 g/mol. The lowest BCUT2D eigenvalue weighted by Crippen LogP contribution is -2.17. The average Bonchev–Trinajstić information content (AvgIpc) is 2.56. The number of aromatic amines is 1. The van der Waals surface area contributed by atoms with E-state index in [1.165, 1.54) is 18.2 Å². The highest BCUT2D eigenvalue weighted by molar-refractivity contribution is 7.86. The number of anilines is 1. The number of aromatic nitrogens is 2. The molecule has 0 atom stereocenters. The van der Waals surface area contributed by atoms with Gasteiger partial charge in [-0.05, 0) is 25.1 Å². The molecule has 1 heterocycles. The van der Waals surface area contributed by atoms with Crippen molar-refractivity contribution in [1.82, 2.24) is 9.78 Å². The van der Waals surface area contributed by atoms with Gasteiger partial charge in [0.2, 0.25) is 0 Å². The molecule has 0 radical (unpaired) electrons. The van der Waals surface area contributed by atoms with Gasteiger partial charge in [0.05, 0.1) is 5.69 Å². The third-order valence-corrected chi connectivity index (χ3v) is 3.23. The monoisotopic (exact) mass is 269 g/mol. The highest BCUT2D eigenvalue weighted by Gasteiger charge is 2.18. The van der Waals surface area contributed by atoms with Gasteiger partial charge in [-0.1, -0.05) is 0 Å². The van der Waals surface area contributed by atoms with Crippen LogP contribution in [0, 0.1) is 6.92 Å². The minimum atomic E-state index is -4.47. The lowest BCUT2D eigenvalue weighted by molar-refractivity contribution is 0.482. The lowest BCUT2D eigenvalue weighted by Gasteiger charge is -2.08. The fourth-order valence-corrected chi connectivity index (χ4v) is 2.32. The molecule has 0 spiro atoms. The van der Waals surface area contributed by atoms with E-state index in [-0.39, 0.29) is 11.4 Å². The molecule has 96 valence electrons. The molecule has 0 saturated carbocycles. The van der Waals surface area contributed by atoms with Crippen LogP contribution in [0.4, 0.5) is 5.69 Å². The van der Waals surface area contributed by atoms with E-state index in [0.29, 0.717) is 5.69 Å². The Morgan fingerprint density at radius 1 is 1.33 bits per heavy atom. The summed E-state index contributed by atoms with van der Waals surface area (Å²) in [5.41, 5.74) is 5.80. The summed E-state index contributed by atoms with van der Waals surface area (Å²) in [5, 5.41) is 2.68. The number of H-pyrrole nitrogens is 1. The summed E-state index contributed by atoms with van der Waals surface area (Å²) in [6.07, 6.45) is 0. The molecule has 2 rings (SSSR count). The number of hydrogen-bond acceptors (Lipinski definition) is 4. The van der Waals surface area contributed by atoms with Crippen molar-refractivity contribution in [3.8, 4) is 5.69 Å². The molecule has 4 N–H and O–H groups in total. The van der Waals surface area contributed by atoms with Crippen molar-refractivity contribution in [1.29, 1.82) is 0 Å². The van der Waals surface area contributed by atoms with Crippen molar-refractivity contribution >= 4 is 15.8 Å². The van der Waals surface area contributed by atoms with Gasteiger partial charge in [0.1, 0.15) is 4.90 Å². The molecule has 2 aromatic rings. The summed E-state index contributed by atoms with van der Waals surface area (Å²) in [4.78, 5) is 11.2. The number of aryl methyl sites for hydroxylation is 1. The summed E-state index contributed by atoms with van der Waals surface area (Å²) in [6.45, 7) is 1.66. The molecule has 0 saturated heterocycles. The lowest BCUT2D eigenvalue weighted by atomic mass is 10.3. The van der Waals surface area contributed by atoms with Gasteiger partial charge in [0.15, 0.2) is 0 Å². The van der Waals surface area contributed by atoms with Gasteiger partial charge >= 0.3 is 0 Å². The van der Waals surface area contributed by atoms with Crippen LogP contribution in [0.2, 0.25) is 0 Å². The second-order valence-corrected chi connectivity index (χ2v) is 5.20. The first-order chi connectivity index (χ1) is 8.29. The van der Waals surface area contributed by atoms with Gasteiger partial charge in [-0.15, -0.1) is 0 Å². The largest absolute Gasteiger partial charge is 0.399 e. The van der Waals surface area contributed by atoms with Crippen molar-refractivity contribution in [2.75, 3.05) is 5.73 Å². The van der Waals surface area contributed by atoms with Gasteiger partial charge in [-0.25, -0.2) is 4.68 Å². The zero-order valence-corrected chi connectivity index (χ0v) is 10.2. The van der Waals surface area contributed by atoms with Crippen LogP contribution in [0.5, 0.6) is 0 Å². The number of benzene rings is 1. The minimum Gasteiger partial charge on any atom is -0.399 e. The van der Waals surface area contributed by atoms with Gasteiger partial charge in [-0.2, -0.15) is 8.42 Å². The molecule has 8 heteroatoms. The number of rotatable bonds is 2. The minimum absolute atomic E-state index is 0.0183. The quantitative estimate of drug-likeness (QED) is 0.535. The van der Waals surface area contributed by atoms with Gasteiger partial charge < -0.3 is 5.73 Å². The van der Waals surface area contributed by atoms with E-state index in [1.807, 2.05) is 0 Å². The molecule has 18 heavy (non-hydrogen) atoms. The van der Waals surface area contributed by atoms with Crippen LogP contribution >= 0.6 is 0 Å². The van der Waals surface area contributed by atoms with Crippen molar-refractivity contribution in [3.63, 3.8) is 0 Å². The van der Waals surface area contributed by atoms with E-state index < -0.39 is 20.6 Å². The summed E-state index contributed by atoms with van der Waals surface area (Å²) in [7, 11) is -4.47. The van der Waals surface area contributed by atoms with E-state index in [1.54, 1.807) is 6.92 Å². The van der Waals surface area contributed by atoms with E-state index >= 15 is 0 Å². The molecule has 0 aliphatic heterocycles. The van der Waals surface area contributed by atoms with E-state index in [4.69, 9.17) is 10.3 Å². The zero-order chi connectivity index (χ0) is 13.5. The maximum Gasteiger partial charge on any atom is 0.296 e. The van der Waals surface area contributed by atoms with Crippen LogP contribution in [-0.2, 0) is 10.1 Å². The summed E-state index contributed by atoms with van der Waals surface area (Å²) < 4.78 is 32.7. The highest BCUT2D eigenvalue weighted by atomic mass is 32.2. The predicted octanol–water partition coefficient (Wildman–Crippen LogP) is 0.303. The summed E-state index contributed by atoms with van der Waals surface area (Å²) in [5.74, 6) is 0. The van der Waals surface area contributed by atoms with Crippen molar-refractivity contribution in [3.05, 3.63) is 40.3 Å². The molecule has 0 bridgehead atoms. The summed E-state index contributed by atoms with van der Waals surface area (Å²) >= 11 is 0. The third kappa shape index (κ3) is 2.15. The maximum atomic E-state index is 11.6. The fourth-order valence-electron chi connectivity index (χ4n) is 1.61. The predicted molar refractivity (Wildman–Crippen MR) is 65.4 cm³/mol. The van der Waals surface area contributed by atoms with Crippen molar-refractivity contribution < 1.29 is 13.0 Å². The van der Waals surface area contributed by atoms with Crippen LogP contribution in [0.3, 0.4) is 0 Å². The van der Waals surface area contributed by atoms with Gasteiger partial charge in [-0.3, -0.25) is 14.4 Å². The fraction of sp³-hybridized carbons (Fsp3) is 0.100. The van der Waals surface area contributed by atoms with Crippen LogP contribution in [-0.4, -0.2) is 22.8 Å². The molecular formula is C10H11N3O4S. The van der Waals surface area contributed by atoms with Crippen LogP contribution in [0.25, 0.3) is 5.69 Å². The number of nitrogens with zero attached hydrogens (tertiary/aromatic N) is 1. The smallest absolute Gasteiger partial charge is 0.296 e. The Bertz CT molecular complexity index is 758. The zero-order valence-electron chi connectivity index (χ0n) is 9.41. The van der Waals surface area contributed by atoms with E-state index in [9.17, 15) is 13.2 Å². The molecule has 0 unspecified atom stereocenters. The molecule has 1 aromatic heterocycles. The van der Waals surface area contributed by atoms with Crippen LogP contribution < -0.4 is 11.3 Å². The van der Waals surface area contributed by atoms with E-state index in [0.717, 1.165) is 10.7 Å². The number of nitrogens with one attached hydrogen (secondary N) is 1. The Kier molecular flexibility index (Phi) is 2.76. The highest BCUT2D eigenvalue weighted by Crippen LogP contribution is 2.21. The molecule has 0 fully saturated rings. The Labute approximate surface area is 103 Å². The molecule has 0 amide bonds. The van der Waals surface area contributed by atoms with Gasteiger partial charge in [0, 0.05) is 17.4 Å². The second-order valence-electron chi connectivity index (χ2n) is 3.82. The van der Waals surface area contributed by atoms with Gasteiger partial charge in [0.25, 0.3) is 15.7 Å². The average molecular weight is 269 g/mol. The normalized spacial score (nSPS) is 11.7. The first-order valence-electron chi connectivity index (χ1n) is 4.95. The summed E-state index contributed by atoms with van der Waals surface area (Å²) in [6, 6.07) is 5.18. The Balaban J connectivity index is 2.80. The molecule has 0 aliphatic carbocycles. The second kappa shape index (κ2) is 4.00. The first-order valence-corrected chi connectivity index (χ1v) is 6.39. The Morgan fingerprint density at radius 2 is 2.00 bits per heavy atom. The maximum absolute atomic E-state index is 11.6. The SMILES string of the molecule is Cc1cc(=O)n(-c2ccc(N)cc2S(=O)(=O)O)[nH]1. The topological polar surface area (TPSA) is 118 Å². The molecule has 7 nitrogen and oxygen atoms in total. The Hall–Kier alpha value is -2.06. The van der Waals surface area contributed by atoms with Crippen molar-refractivity contribution in [2.24, 2.45) is 0 Å². The number of nitrogens with two attached hydrogens (primary N) is 1. The molecule has 1 aromatic carbocycles. The standard InChI is InChI=1S/C10H11N3O4S/c1-6-4-10(14)13(12-6)8-3-2-7(11)5-9(8)18(15,16)17/h2-5,12H,11H2,1H3,(H,15,16,17). The number of hydrogen-bond donors (Lipinski definition) is 3. The number of nitrogen functional groups attached to an aromatic ring is 1. The van der Waals surface area contributed by atoms with Crippen LogP contribution in [0.1, 0.15) is 5.69 Å². The van der Waals surface area contributed by atoms with Crippen LogP contribution in [0.15, 0.2) is 34.0 Å². The van der Waals surface area contributed by atoms with Crippen molar-refractivity contribution in [2.45, 2.75) is 11.8 Å². The first kappa shape index (κ1) is 12.4. The van der Waals surface area contributed by atoms with E-state index in [2.05, 4.69) is 5.10 Å². The Morgan fingerprint density at radius 3 is 2.50 bits per heavy atom. The molecule has 0 aliphatic rings. The third-order valence-electron chi connectivity index (χ3n) is 2.35.